The number of esters is 1. The zero-order chi connectivity index (χ0) is 22.7. The third-order valence-electron chi connectivity index (χ3n) is 5.86. The number of rotatable bonds is 7. The van der Waals surface area contributed by atoms with Gasteiger partial charge in [0.1, 0.15) is 12.4 Å². The minimum atomic E-state index is -0.594. The third-order valence-corrected chi connectivity index (χ3v) is 6.90. The number of nitrogens with one attached hydrogen (secondary N) is 1. The molecule has 0 amide bonds. The number of benzene rings is 1. The number of hydrogen-bond donors (Lipinski definition) is 1. The van der Waals surface area contributed by atoms with Gasteiger partial charge in [-0.1, -0.05) is 18.2 Å². The van der Waals surface area contributed by atoms with Crippen LogP contribution in [0.5, 0.6) is 0 Å². The minimum absolute atomic E-state index is 0.00130. The predicted molar refractivity (Wildman–Crippen MR) is 121 cm³/mol. The van der Waals surface area contributed by atoms with Crippen LogP contribution >= 0.6 is 11.3 Å². The summed E-state index contributed by atoms with van der Waals surface area (Å²) in [5.41, 5.74) is 3.14. The molecule has 1 aliphatic carbocycles. The molecule has 1 aliphatic heterocycles. The standard InChI is InChI=1S/C25H26FNO4S/c1-3-30-10-11-31-25(29)22-15(2)27-19-13-17(21-5-4-12-32-21)14-20(28)24(19)23(22)16-6-8-18(26)9-7-16/h4-9,12,17,23,27H,3,10-11,13-14H2,1-2H3/t17-,23+/m1/s1. The van der Waals surface area contributed by atoms with Crippen molar-refractivity contribution in [2.24, 2.45) is 0 Å². The van der Waals surface area contributed by atoms with Crippen LogP contribution in [-0.4, -0.2) is 31.6 Å². The number of Topliss-reactive ketones (excluding diaryl/α,β-unsaturated/α-hetero) is 1. The Balaban J connectivity index is 1.70. The summed E-state index contributed by atoms with van der Waals surface area (Å²) in [6.07, 6.45) is 1.06. The number of thiophene rings is 1. The van der Waals surface area contributed by atoms with Gasteiger partial charge in [-0.05, 0) is 49.4 Å². The Morgan fingerprint density at radius 2 is 1.97 bits per heavy atom. The monoisotopic (exact) mass is 455 g/mol. The van der Waals surface area contributed by atoms with E-state index in [4.69, 9.17) is 9.47 Å². The lowest BCUT2D eigenvalue weighted by Gasteiger charge is -2.36. The molecule has 0 bridgehead atoms. The average Bonchev–Trinajstić information content (AvgIpc) is 3.31. The Morgan fingerprint density at radius 1 is 1.19 bits per heavy atom. The van der Waals surface area contributed by atoms with Gasteiger partial charge in [-0.15, -0.1) is 11.3 Å². The summed E-state index contributed by atoms with van der Waals surface area (Å²) >= 11 is 1.65. The Labute approximate surface area is 190 Å². The predicted octanol–water partition coefficient (Wildman–Crippen LogP) is 4.83. The first-order chi connectivity index (χ1) is 15.5. The number of ketones is 1. The Hall–Kier alpha value is -2.77. The SMILES string of the molecule is CCOCCOC(=O)C1=C(C)NC2=C(C(=O)C[C@H](c3cccs3)C2)[C@H]1c1ccc(F)cc1. The fraction of sp³-hybridized carbons (Fsp3) is 0.360. The van der Waals surface area contributed by atoms with E-state index in [0.29, 0.717) is 48.5 Å². The molecular weight excluding hydrogens is 429 g/mol. The first kappa shape index (κ1) is 22.4. The van der Waals surface area contributed by atoms with E-state index in [2.05, 4.69) is 11.4 Å². The summed E-state index contributed by atoms with van der Waals surface area (Å²) in [4.78, 5) is 27.6. The fourth-order valence-electron chi connectivity index (χ4n) is 4.44. The van der Waals surface area contributed by atoms with Gasteiger partial charge < -0.3 is 14.8 Å². The van der Waals surface area contributed by atoms with Crippen molar-refractivity contribution in [2.75, 3.05) is 19.8 Å². The highest BCUT2D eigenvalue weighted by Crippen LogP contribution is 2.46. The molecule has 1 N–H and O–H groups in total. The molecular formula is C25H26FNO4S. The van der Waals surface area contributed by atoms with Gasteiger partial charge in [0.2, 0.25) is 0 Å². The smallest absolute Gasteiger partial charge is 0.336 e. The highest BCUT2D eigenvalue weighted by molar-refractivity contribution is 7.10. The molecule has 1 aromatic heterocycles. The lowest BCUT2D eigenvalue weighted by Crippen LogP contribution is -2.36. The Bertz CT molecular complexity index is 1060. The summed E-state index contributed by atoms with van der Waals surface area (Å²) in [5, 5.41) is 5.34. The van der Waals surface area contributed by atoms with Crippen molar-refractivity contribution in [2.45, 2.75) is 38.5 Å². The van der Waals surface area contributed by atoms with Gasteiger partial charge in [0.05, 0.1) is 12.2 Å². The van der Waals surface area contributed by atoms with Gasteiger partial charge in [0.25, 0.3) is 0 Å². The molecule has 0 saturated carbocycles. The van der Waals surface area contributed by atoms with Gasteiger partial charge >= 0.3 is 5.97 Å². The Morgan fingerprint density at radius 3 is 2.66 bits per heavy atom. The first-order valence-corrected chi connectivity index (χ1v) is 11.6. The topological polar surface area (TPSA) is 64.6 Å². The number of halogens is 1. The molecule has 5 nitrogen and oxygen atoms in total. The van der Waals surface area contributed by atoms with Crippen molar-refractivity contribution in [3.05, 3.63) is 80.6 Å². The lowest BCUT2D eigenvalue weighted by atomic mass is 9.72. The van der Waals surface area contributed by atoms with Crippen molar-refractivity contribution in [1.29, 1.82) is 0 Å². The zero-order valence-corrected chi connectivity index (χ0v) is 19.0. The normalized spacial score (nSPS) is 20.8. The van der Waals surface area contributed by atoms with Crippen LogP contribution in [0.2, 0.25) is 0 Å². The number of hydrogen-bond acceptors (Lipinski definition) is 6. The molecule has 0 spiro atoms. The minimum Gasteiger partial charge on any atom is -0.460 e. The second kappa shape index (κ2) is 9.79. The summed E-state index contributed by atoms with van der Waals surface area (Å²) in [7, 11) is 0. The Kier molecular flexibility index (Phi) is 6.86. The van der Waals surface area contributed by atoms with E-state index in [-0.39, 0.29) is 24.1 Å². The number of carbonyl (C=O) groups excluding carboxylic acids is 2. The molecule has 168 valence electrons. The number of ether oxygens (including phenoxy) is 2. The number of allylic oxidation sites excluding steroid dienone is 3. The highest BCUT2D eigenvalue weighted by Gasteiger charge is 2.41. The van der Waals surface area contributed by atoms with Crippen molar-refractivity contribution >= 4 is 23.1 Å². The van der Waals surface area contributed by atoms with Crippen LogP contribution in [0, 0.1) is 5.82 Å². The molecule has 4 rings (SSSR count). The van der Waals surface area contributed by atoms with E-state index in [1.807, 2.05) is 25.3 Å². The van der Waals surface area contributed by atoms with Crippen LogP contribution in [0.15, 0.2) is 64.3 Å². The summed E-state index contributed by atoms with van der Waals surface area (Å²) in [6.45, 7) is 4.66. The summed E-state index contributed by atoms with van der Waals surface area (Å²) in [5.74, 6) is -1.35. The molecule has 1 aromatic carbocycles. The van der Waals surface area contributed by atoms with E-state index in [1.54, 1.807) is 23.5 Å². The second-order valence-corrected chi connectivity index (χ2v) is 8.90. The summed E-state index contributed by atoms with van der Waals surface area (Å²) < 4.78 is 24.4. The molecule has 0 saturated heterocycles. The molecule has 2 heterocycles. The largest absolute Gasteiger partial charge is 0.460 e. The van der Waals surface area contributed by atoms with Crippen LogP contribution in [0.4, 0.5) is 4.39 Å². The average molecular weight is 456 g/mol. The van der Waals surface area contributed by atoms with E-state index >= 15 is 0 Å². The number of dihydropyridines is 1. The lowest BCUT2D eigenvalue weighted by molar-refractivity contribution is -0.140. The molecule has 7 heteroatoms. The van der Waals surface area contributed by atoms with Gasteiger partial charge in [0.15, 0.2) is 5.78 Å². The van der Waals surface area contributed by atoms with Crippen molar-refractivity contribution < 1.29 is 23.5 Å². The van der Waals surface area contributed by atoms with Gasteiger partial charge in [-0.25, -0.2) is 9.18 Å². The number of carbonyl (C=O) groups is 2. The molecule has 0 fully saturated rings. The maximum Gasteiger partial charge on any atom is 0.336 e. The van der Waals surface area contributed by atoms with Crippen molar-refractivity contribution in [3.8, 4) is 0 Å². The van der Waals surface area contributed by atoms with Crippen LogP contribution in [-0.2, 0) is 19.1 Å². The molecule has 32 heavy (non-hydrogen) atoms. The zero-order valence-electron chi connectivity index (χ0n) is 18.2. The van der Waals surface area contributed by atoms with Crippen LogP contribution in [0.25, 0.3) is 0 Å². The molecule has 0 radical (unpaired) electrons. The van der Waals surface area contributed by atoms with Gasteiger partial charge in [-0.3, -0.25) is 4.79 Å². The maximum atomic E-state index is 13.6. The fourth-order valence-corrected chi connectivity index (χ4v) is 5.27. The quantitative estimate of drug-likeness (QED) is 0.479. The molecule has 2 aliphatic rings. The third kappa shape index (κ3) is 4.54. The maximum absolute atomic E-state index is 13.6. The van der Waals surface area contributed by atoms with Gasteiger partial charge in [0, 0.05) is 46.7 Å². The van der Waals surface area contributed by atoms with E-state index in [9.17, 15) is 14.0 Å². The van der Waals surface area contributed by atoms with E-state index in [0.717, 1.165) is 5.70 Å². The van der Waals surface area contributed by atoms with Crippen LogP contribution in [0.3, 0.4) is 0 Å². The second-order valence-electron chi connectivity index (χ2n) is 7.92. The molecule has 2 atom stereocenters. The highest BCUT2D eigenvalue weighted by atomic mass is 32.1. The molecule has 0 unspecified atom stereocenters. The van der Waals surface area contributed by atoms with Crippen molar-refractivity contribution in [3.63, 3.8) is 0 Å². The summed E-state index contributed by atoms with van der Waals surface area (Å²) in [6, 6.07) is 10.0. The molecule has 2 aromatic rings. The van der Waals surface area contributed by atoms with Gasteiger partial charge in [-0.2, -0.15) is 0 Å². The van der Waals surface area contributed by atoms with Crippen LogP contribution < -0.4 is 5.32 Å². The van der Waals surface area contributed by atoms with E-state index < -0.39 is 11.9 Å². The van der Waals surface area contributed by atoms with E-state index in [1.165, 1.54) is 17.0 Å². The van der Waals surface area contributed by atoms with Crippen molar-refractivity contribution in [1.82, 2.24) is 5.32 Å². The first-order valence-electron chi connectivity index (χ1n) is 10.8. The van der Waals surface area contributed by atoms with Crippen LogP contribution in [0.1, 0.15) is 49.0 Å².